The summed E-state index contributed by atoms with van der Waals surface area (Å²) in [6.45, 7) is 5.30. The Bertz CT molecular complexity index is 536. The number of ether oxygens (including phenoxy) is 1. The predicted octanol–water partition coefficient (Wildman–Crippen LogP) is 2.29. The fraction of sp³-hybridized carbons (Fsp3) is 0.579. The van der Waals surface area contributed by atoms with Gasteiger partial charge in [-0.05, 0) is 18.4 Å². The van der Waals surface area contributed by atoms with E-state index >= 15 is 0 Å². The number of benzene rings is 1. The van der Waals surface area contributed by atoms with Gasteiger partial charge in [-0.1, -0.05) is 43.7 Å². The molecule has 1 aromatic rings. The van der Waals surface area contributed by atoms with Gasteiger partial charge in [-0.2, -0.15) is 0 Å². The number of unbranched alkanes of at least 4 members (excludes halogenated alkanes) is 1. The third kappa shape index (κ3) is 7.13. The van der Waals surface area contributed by atoms with Gasteiger partial charge >= 0.3 is 6.03 Å². The van der Waals surface area contributed by atoms with Gasteiger partial charge in [0.1, 0.15) is 0 Å². The minimum atomic E-state index is -0.215. The Morgan fingerprint density at radius 3 is 2.76 bits per heavy atom. The second-order valence-electron chi connectivity index (χ2n) is 6.38. The Labute approximate surface area is 149 Å². The first-order valence-electron chi connectivity index (χ1n) is 9.13. The van der Waals surface area contributed by atoms with E-state index in [9.17, 15) is 9.59 Å². The van der Waals surface area contributed by atoms with Crippen molar-refractivity contribution in [2.24, 2.45) is 0 Å². The van der Waals surface area contributed by atoms with Crippen LogP contribution < -0.4 is 10.6 Å². The third-order valence-electron chi connectivity index (χ3n) is 4.16. The van der Waals surface area contributed by atoms with Crippen molar-refractivity contribution < 1.29 is 14.3 Å². The van der Waals surface area contributed by atoms with Crippen LogP contribution in [0.1, 0.15) is 38.2 Å². The zero-order chi connectivity index (χ0) is 17.9. The lowest BCUT2D eigenvalue weighted by Crippen LogP contribution is -2.43. The van der Waals surface area contributed by atoms with Crippen LogP contribution in [0.15, 0.2) is 30.3 Å². The van der Waals surface area contributed by atoms with Crippen molar-refractivity contribution in [2.45, 2.75) is 45.2 Å². The molecule has 1 aliphatic heterocycles. The molecule has 0 radical (unpaired) electrons. The van der Waals surface area contributed by atoms with Gasteiger partial charge in [-0.15, -0.1) is 0 Å². The Balaban J connectivity index is 1.61. The molecule has 1 aromatic carbocycles. The molecule has 2 N–H and O–H groups in total. The summed E-state index contributed by atoms with van der Waals surface area (Å²) in [5.74, 6) is 0.0819. The minimum Gasteiger partial charge on any atom is -0.381 e. The maximum absolute atomic E-state index is 12.1. The van der Waals surface area contributed by atoms with Gasteiger partial charge in [0.15, 0.2) is 0 Å². The van der Waals surface area contributed by atoms with Crippen molar-refractivity contribution in [3.05, 3.63) is 35.9 Å². The number of urea groups is 1. The van der Waals surface area contributed by atoms with Crippen LogP contribution in [0.4, 0.5) is 4.79 Å². The molecule has 6 nitrogen and oxygen atoms in total. The van der Waals surface area contributed by atoms with E-state index in [0.29, 0.717) is 32.7 Å². The first kappa shape index (κ1) is 19.2. The van der Waals surface area contributed by atoms with Crippen LogP contribution in [0, 0.1) is 0 Å². The number of rotatable bonds is 10. The summed E-state index contributed by atoms with van der Waals surface area (Å²) < 4.78 is 5.45. The van der Waals surface area contributed by atoms with E-state index in [-0.39, 0.29) is 18.0 Å². The summed E-state index contributed by atoms with van der Waals surface area (Å²) >= 11 is 0. The van der Waals surface area contributed by atoms with Crippen molar-refractivity contribution in [1.29, 1.82) is 0 Å². The molecule has 25 heavy (non-hydrogen) atoms. The molecule has 0 bridgehead atoms. The molecule has 0 aromatic heterocycles. The number of carbonyl (C=O) groups excluding carboxylic acids is 2. The topological polar surface area (TPSA) is 70.7 Å². The molecule has 1 aliphatic rings. The van der Waals surface area contributed by atoms with E-state index in [1.54, 1.807) is 4.90 Å². The molecular formula is C19H29N3O3. The van der Waals surface area contributed by atoms with E-state index < -0.39 is 0 Å². The standard InChI is InChI=1S/C19H29N3O3/c1-2-3-11-25-12-7-10-20-19(24)21-17-13-18(23)22(15-17)14-16-8-5-4-6-9-16/h4-6,8-9,17H,2-3,7,10-15H2,1H3,(H2,20,21,24). The lowest BCUT2D eigenvalue weighted by Gasteiger charge is -2.17. The van der Waals surface area contributed by atoms with Crippen LogP contribution in [0.2, 0.25) is 0 Å². The van der Waals surface area contributed by atoms with Crippen LogP contribution in [-0.2, 0) is 16.1 Å². The second-order valence-corrected chi connectivity index (χ2v) is 6.38. The normalized spacial score (nSPS) is 16.9. The zero-order valence-corrected chi connectivity index (χ0v) is 15.0. The predicted molar refractivity (Wildman–Crippen MR) is 97.1 cm³/mol. The molecule has 1 unspecified atom stereocenters. The Hall–Kier alpha value is -2.08. The van der Waals surface area contributed by atoms with Gasteiger partial charge in [-0.25, -0.2) is 4.79 Å². The van der Waals surface area contributed by atoms with E-state index in [0.717, 1.165) is 31.4 Å². The smallest absolute Gasteiger partial charge is 0.315 e. The highest BCUT2D eigenvalue weighted by Crippen LogP contribution is 2.14. The second kappa shape index (κ2) is 10.7. The first-order chi connectivity index (χ1) is 12.2. The van der Waals surface area contributed by atoms with Gasteiger partial charge in [0.05, 0.1) is 6.04 Å². The summed E-state index contributed by atoms with van der Waals surface area (Å²) in [4.78, 5) is 25.8. The molecule has 1 atom stereocenters. The van der Waals surface area contributed by atoms with Gasteiger partial charge in [0.2, 0.25) is 5.91 Å². The highest BCUT2D eigenvalue weighted by Gasteiger charge is 2.30. The maximum Gasteiger partial charge on any atom is 0.315 e. The van der Waals surface area contributed by atoms with Gasteiger partial charge in [0.25, 0.3) is 0 Å². The fourth-order valence-corrected chi connectivity index (χ4v) is 2.79. The average molecular weight is 347 g/mol. The SMILES string of the molecule is CCCCOCCCNC(=O)NC1CC(=O)N(Cc2ccccc2)C1. The van der Waals surface area contributed by atoms with Crippen molar-refractivity contribution >= 4 is 11.9 Å². The Kier molecular flexibility index (Phi) is 8.25. The van der Waals surface area contributed by atoms with Gasteiger partial charge in [-0.3, -0.25) is 4.79 Å². The summed E-state index contributed by atoms with van der Waals surface area (Å²) in [6, 6.07) is 9.55. The van der Waals surface area contributed by atoms with Gasteiger partial charge < -0.3 is 20.3 Å². The van der Waals surface area contributed by atoms with Crippen LogP contribution >= 0.6 is 0 Å². The quantitative estimate of drug-likeness (QED) is 0.638. The van der Waals surface area contributed by atoms with Crippen LogP contribution in [0.25, 0.3) is 0 Å². The Morgan fingerprint density at radius 2 is 2.00 bits per heavy atom. The van der Waals surface area contributed by atoms with E-state index in [2.05, 4.69) is 17.6 Å². The van der Waals surface area contributed by atoms with E-state index in [1.165, 1.54) is 0 Å². The maximum atomic E-state index is 12.1. The van der Waals surface area contributed by atoms with Crippen molar-refractivity contribution in [3.8, 4) is 0 Å². The van der Waals surface area contributed by atoms with Crippen LogP contribution in [-0.4, -0.2) is 49.2 Å². The molecule has 138 valence electrons. The lowest BCUT2D eigenvalue weighted by molar-refractivity contribution is -0.128. The third-order valence-corrected chi connectivity index (χ3v) is 4.16. The molecule has 0 saturated carbocycles. The molecule has 3 amide bonds. The zero-order valence-electron chi connectivity index (χ0n) is 15.0. The molecule has 1 fully saturated rings. The number of nitrogens with zero attached hydrogens (tertiary/aromatic N) is 1. The first-order valence-corrected chi connectivity index (χ1v) is 9.13. The number of nitrogens with one attached hydrogen (secondary N) is 2. The molecule has 2 rings (SSSR count). The summed E-state index contributed by atoms with van der Waals surface area (Å²) in [6.07, 6.45) is 3.35. The molecule has 6 heteroatoms. The molecule has 0 spiro atoms. The van der Waals surface area contributed by atoms with E-state index in [1.807, 2.05) is 30.3 Å². The van der Waals surface area contributed by atoms with Crippen molar-refractivity contribution in [3.63, 3.8) is 0 Å². The molecule has 1 heterocycles. The summed E-state index contributed by atoms with van der Waals surface area (Å²) in [5.41, 5.74) is 1.10. The number of hydrogen-bond donors (Lipinski definition) is 2. The highest BCUT2D eigenvalue weighted by molar-refractivity contribution is 5.81. The molecular weight excluding hydrogens is 318 g/mol. The fourth-order valence-electron chi connectivity index (χ4n) is 2.79. The Morgan fingerprint density at radius 1 is 1.24 bits per heavy atom. The van der Waals surface area contributed by atoms with E-state index in [4.69, 9.17) is 4.74 Å². The number of likely N-dealkylation sites (tertiary alicyclic amines) is 1. The minimum absolute atomic E-state index is 0.0819. The monoisotopic (exact) mass is 347 g/mol. The summed E-state index contributed by atoms with van der Waals surface area (Å²) in [5, 5.41) is 5.70. The number of hydrogen-bond acceptors (Lipinski definition) is 3. The molecule has 0 aliphatic carbocycles. The number of carbonyl (C=O) groups is 2. The highest BCUT2D eigenvalue weighted by atomic mass is 16.5. The van der Waals surface area contributed by atoms with Crippen molar-refractivity contribution in [1.82, 2.24) is 15.5 Å². The van der Waals surface area contributed by atoms with Crippen LogP contribution in [0.3, 0.4) is 0 Å². The average Bonchev–Trinajstić information content (AvgIpc) is 2.94. The number of amides is 3. The largest absolute Gasteiger partial charge is 0.381 e. The summed E-state index contributed by atoms with van der Waals surface area (Å²) in [7, 11) is 0. The van der Waals surface area contributed by atoms with Crippen LogP contribution in [0.5, 0.6) is 0 Å². The lowest BCUT2D eigenvalue weighted by atomic mass is 10.2. The van der Waals surface area contributed by atoms with Crippen molar-refractivity contribution in [2.75, 3.05) is 26.3 Å². The molecule has 1 saturated heterocycles. The van der Waals surface area contributed by atoms with Gasteiger partial charge in [0, 0.05) is 39.3 Å².